The largest absolute Gasteiger partial charge is 0.464 e. The van der Waals surface area contributed by atoms with Gasteiger partial charge in [-0.2, -0.15) is 0 Å². The summed E-state index contributed by atoms with van der Waals surface area (Å²) in [6, 6.07) is 0. The average molecular weight is 237 g/mol. The normalized spacial score (nSPS) is 17.2. The SMILES string of the molecule is [2H]C([2H])(OC(C)=O)C([2H])([2H])n1cnc(Br)c1. The third-order valence-electron chi connectivity index (χ3n) is 0.921. The summed E-state index contributed by atoms with van der Waals surface area (Å²) in [5.41, 5.74) is 0. The van der Waals surface area contributed by atoms with E-state index in [1.54, 1.807) is 0 Å². The van der Waals surface area contributed by atoms with E-state index in [0.717, 1.165) is 17.8 Å². The van der Waals surface area contributed by atoms with Gasteiger partial charge in [0.1, 0.15) is 11.2 Å². The van der Waals surface area contributed by atoms with Crippen molar-refractivity contribution in [2.24, 2.45) is 0 Å². The van der Waals surface area contributed by atoms with Crippen LogP contribution in [-0.4, -0.2) is 22.1 Å². The second kappa shape index (κ2) is 4.25. The first-order chi connectivity index (χ1) is 7.17. The van der Waals surface area contributed by atoms with Crippen LogP contribution in [0.25, 0.3) is 0 Å². The monoisotopic (exact) mass is 236 g/mol. The molecule has 0 bridgehead atoms. The maximum absolute atomic E-state index is 10.7. The zero-order valence-electron chi connectivity index (χ0n) is 10.2. The highest BCUT2D eigenvalue weighted by Gasteiger charge is 1.95. The minimum absolute atomic E-state index is 0.356. The average Bonchev–Trinajstić information content (AvgIpc) is 2.49. The highest BCUT2D eigenvalue weighted by atomic mass is 79.9. The molecule has 66 valence electrons. The molecule has 5 heteroatoms. The summed E-state index contributed by atoms with van der Waals surface area (Å²) in [6.45, 7) is -4.31. The fourth-order valence-electron chi connectivity index (χ4n) is 0.507. The molecule has 1 aromatic rings. The lowest BCUT2D eigenvalue weighted by atomic mass is 10.6. The minimum Gasteiger partial charge on any atom is -0.464 e. The van der Waals surface area contributed by atoms with Crippen LogP contribution in [0.15, 0.2) is 17.1 Å². The summed E-state index contributed by atoms with van der Waals surface area (Å²) in [4.78, 5) is 14.4. The van der Waals surface area contributed by atoms with E-state index in [9.17, 15) is 4.79 Å². The highest BCUT2D eigenvalue weighted by molar-refractivity contribution is 9.10. The van der Waals surface area contributed by atoms with Gasteiger partial charge in [-0.05, 0) is 15.9 Å². The van der Waals surface area contributed by atoms with E-state index in [0.29, 0.717) is 4.60 Å². The van der Waals surface area contributed by atoms with Crippen LogP contribution in [0, 0.1) is 0 Å². The van der Waals surface area contributed by atoms with Crippen LogP contribution < -0.4 is 0 Å². The smallest absolute Gasteiger partial charge is 0.302 e. The first-order valence-corrected chi connectivity index (χ1v) is 3.85. The second-order valence-corrected chi connectivity index (χ2v) is 2.72. The molecule has 1 rings (SSSR count). The quantitative estimate of drug-likeness (QED) is 0.742. The van der Waals surface area contributed by atoms with Crippen LogP contribution in [0.1, 0.15) is 12.4 Å². The zero-order chi connectivity index (χ0) is 12.6. The molecule has 4 nitrogen and oxygen atoms in total. The lowest BCUT2D eigenvalue weighted by molar-refractivity contribution is -0.141. The van der Waals surface area contributed by atoms with Gasteiger partial charge in [0.25, 0.3) is 0 Å². The number of carbonyl (C=O) groups excluding carboxylic acids is 1. The van der Waals surface area contributed by atoms with Crippen LogP contribution in [0.4, 0.5) is 0 Å². The number of aryl methyl sites for hydroxylation is 1. The molecule has 0 atom stereocenters. The predicted molar refractivity (Wildman–Crippen MR) is 46.6 cm³/mol. The Labute approximate surface area is 84.3 Å². The number of halogens is 1. The van der Waals surface area contributed by atoms with Crippen molar-refractivity contribution in [3.05, 3.63) is 17.1 Å². The van der Waals surface area contributed by atoms with Crippen LogP contribution >= 0.6 is 15.9 Å². The number of carbonyl (C=O) groups is 1. The van der Waals surface area contributed by atoms with Gasteiger partial charge in [-0.3, -0.25) is 4.79 Å². The highest BCUT2D eigenvalue weighted by Crippen LogP contribution is 2.03. The van der Waals surface area contributed by atoms with Crippen molar-refractivity contribution in [2.75, 3.05) is 6.56 Å². The van der Waals surface area contributed by atoms with Gasteiger partial charge in [-0.15, -0.1) is 0 Å². The van der Waals surface area contributed by atoms with Gasteiger partial charge in [0, 0.05) is 13.1 Å². The summed E-state index contributed by atoms with van der Waals surface area (Å²) in [7, 11) is 0. The molecule has 0 spiro atoms. The van der Waals surface area contributed by atoms with Crippen molar-refractivity contribution in [3.63, 3.8) is 0 Å². The number of ether oxygens (including phenoxy) is 1. The maximum Gasteiger partial charge on any atom is 0.302 e. The molecule has 0 saturated heterocycles. The summed E-state index contributed by atoms with van der Waals surface area (Å²) in [6.07, 6.45) is 2.35. The molecule has 0 unspecified atom stereocenters. The minimum atomic E-state index is -2.78. The number of esters is 1. The Balaban J connectivity index is 3.04. The molecule has 0 aliphatic carbocycles. The van der Waals surface area contributed by atoms with E-state index in [2.05, 4.69) is 25.7 Å². The van der Waals surface area contributed by atoms with Gasteiger partial charge in [-0.1, -0.05) is 0 Å². The lowest BCUT2D eigenvalue weighted by Crippen LogP contribution is -2.07. The number of nitrogens with zero attached hydrogens (tertiary/aromatic N) is 2. The van der Waals surface area contributed by atoms with Crippen LogP contribution in [-0.2, 0) is 16.0 Å². The molecule has 0 saturated carbocycles. The van der Waals surface area contributed by atoms with Gasteiger partial charge in [0.2, 0.25) is 0 Å². The van der Waals surface area contributed by atoms with E-state index in [1.807, 2.05) is 0 Å². The molecule has 0 aliphatic heterocycles. The Kier molecular flexibility index (Phi) is 1.78. The van der Waals surface area contributed by atoms with Crippen molar-refractivity contribution < 1.29 is 15.0 Å². The van der Waals surface area contributed by atoms with Gasteiger partial charge in [0.15, 0.2) is 0 Å². The van der Waals surface area contributed by atoms with E-state index in [1.165, 1.54) is 6.20 Å². The third-order valence-corrected chi connectivity index (χ3v) is 1.33. The Morgan fingerprint density at radius 2 is 2.75 bits per heavy atom. The van der Waals surface area contributed by atoms with Crippen LogP contribution in [0.3, 0.4) is 0 Å². The summed E-state index contributed by atoms with van der Waals surface area (Å²) in [5.74, 6) is -0.895. The predicted octanol–water partition coefficient (Wildman–Crippen LogP) is 1.21. The Morgan fingerprint density at radius 3 is 3.25 bits per heavy atom. The van der Waals surface area contributed by atoms with Crippen molar-refractivity contribution in [1.82, 2.24) is 9.55 Å². The van der Waals surface area contributed by atoms with Gasteiger partial charge >= 0.3 is 5.97 Å². The summed E-state index contributed by atoms with van der Waals surface area (Å²) in [5, 5.41) is 0. The molecule has 0 aromatic carbocycles. The Morgan fingerprint density at radius 1 is 2.00 bits per heavy atom. The Bertz CT molecular complexity index is 407. The molecular weight excluding hydrogens is 224 g/mol. The molecule has 12 heavy (non-hydrogen) atoms. The van der Waals surface area contributed by atoms with E-state index < -0.39 is 19.0 Å². The van der Waals surface area contributed by atoms with Crippen LogP contribution in [0.2, 0.25) is 0 Å². The first kappa shape index (κ1) is 5.01. The topological polar surface area (TPSA) is 44.1 Å². The standard InChI is InChI=1S/C7H9BrN2O2/c1-6(11)12-3-2-10-4-7(8)9-5-10/h4-5H,2-3H2,1H3/i2D2,3D2. The fourth-order valence-corrected chi connectivity index (χ4v) is 0.819. The third kappa shape index (κ3) is 3.04. The fraction of sp³-hybridized carbons (Fsp3) is 0.429. The number of hydrogen-bond acceptors (Lipinski definition) is 3. The van der Waals surface area contributed by atoms with Crippen molar-refractivity contribution in [2.45, 2.75) is 13.4 Å². The summed E-state index contributed by atoms with van der Waals surface area (Å²) < 4.78 is 35.5. The molecule has 0 amide bonds. The van der Waals surface area contributed by atoms with Crippen molar-refractivity contribution in [1.29, 1.82) is 0 Å². The van der Waals surface area contributed by atoms with Crippen molar-refractivity contribution >= 4 is 21.9 Å². The molecule has 0 radical (unpaired) electrons. The van der Waals surface area contributed by atoms with E-state index in [-0.39, 0.29) is 0 Å². The van der Waals surface area contributed by atoms with Gasteiger partial charge in [-0.25, -0.2) is 4.98 Å². The molecule has 0 fully saturated rings. The zero-order valence-corrected chi connectivity index (χ0v) is 7.83. The van der Waals surface area contributed by atoms with E-state index in [4.69, 9.17) is 5.48 Å². The number of hydrogen-bond donors (Lipinski definition) is 0. The van der Waals surface area contributed by atoms with Gasteiger partial charge < -0.3 is 9.30 Å². The van der Waals surface area contributed by atoms with E-state index >= 15 is 0 Å². The molecule has 0 aliphatic rings. The molecular formula is C7H9BrN2O2. The second-order valence-electron chi connectivity index (χ2n) is 1.91. The lowest BCUT2D eigenvalue weighted by Gasteiger charge is -2.01. The number of aromatic nitrogens is 2. The molecule has 1 heterocycles. The van der Waals surface area contributed by atoms with Crippen molar-refractivity contribution in [3.8, 4) is 0 Å². The summed E-state index contributed by atoms with van der Waals surface area (Å²) >= 11 is 3.01. The Hall–Kier alpha value is -0.840. The molecule has 0 N–H and O–H groups in total. The maximum atomic E-state index is 10.7. The molecule has 1 aromatic heterocycles. The first-order valence-electron chi connectivity index (χ1n) is 5.06. The number of rotatable bonds is 3. The van der Waals surface area contributed by atoms with Crippen LogP contribution in [0.5, 0.6) is 0 Å². The van der Waals surface area contributed by atoms with Gasteiger partial charge in [0.05, 0.1) is 18.3 Å². The number of imidazole rings is 1.